The highest BCUT2D eigenvalue weighted by Crippen LogP contribution is 2.49. The molecule has 0 heteroatoms. The van der Waals surface area contributed by atoms with Crippen molar-refractivity contribution in [3.05, 3.63) is 89.1 Å². The molecule has 0 bridgehead atoms. The van der Waals surface area contributed by atoms with Crippen molar-refractivity contribution in [2.75, 3.05) is 0 Å². The van der Waals surface area contributed by atoms with Crippen LogP contribution in [0.1, 0.15) is 29.9 Å². The van der Waals surface area contributed by atoms with Crippen LogP contribution in [0.2, 0.25) is 0 Å². The molecule has 1 aromatic rings. The Kier molecular flexibility index (Phi) is 2.41. The van der Waals surface area contributed by atoms with Crippen LogP contribution in [0.4, 0.5) is 0 Å². The molecule has 0 radical (unpaired) electrons. The van der Waals surface area contributed by atoms with Gasteiger partial charge in [0, 0.05) is 5.92 Å². The molecule has 4 rings (SSSR count). The first-order valence-electron chi connectivity index (χ1n) is 7.00. The molecule has 3 aliphatic rings. The quantitative estimate of drug-likeness (QED) is 0.606. The summed E-state index contributed by atoms with van der Waals surface area (Å²) in [6, 6.07) is 8.89. The van der Waals surface area contributed by atoms with E-state index in [4.69, 9.17) is 0 Å². The van der Waals surface area contributed by atoms with E-state index in [0.717, 1.165) is 0 Å². The smallest absolute Gasteiger partial charge is 0.0110 e. The van der Waals surface area contributed by atoms with Gasteiger partial charge in [-0.25, -0.2) is 0 Å². The summed E-state index contributed by atoms with van der Waals surface area (Å²) in [4.78, 5) is 0. The van der Waals surface area contributed by atoms with Gasteiger partial charge in [0.2, 0.25) is 0 Å². The van der Waals surface area contributed by atoms with Gasteiger partial charge in [-0.1, -0.05) is 66.8 Å². The van der Waals surface area contributed by atoms with Gasteiger partial charge in [-0.15, -0.1) is 0 Å². The van der Waals surface area contributed by atoms with Gasteiger partial charge < -0.3 is 0 Å². The number of hydrogen-bond donors (Lipinski definition) is 0. The van der Waals surface area contributed by atoms with Crippen molar-refractivity contribution in [3.63, 3.8) is 0 Å². The molecule has 0 nitrogen and oxygen atoms in total. The van der Waals surface area contributed by atoms with E-state index >= 15 is 0 Å². The van der Waals surface area contributed by atoms with Crippen LogP contribution in [0.15, 0.2) is 77.9 Å². The van der Waals surface area contributed by atoms with Gasteiger partial charge in [0.15, 0.2) is 0 Å². The lowest BCUT2D eigenvalue weighted by Crippen LogP contribution is -1.98. The van der Waals surface area contributed by atoms with E-state index < -0.39 is 0 Å². The van der Waals surface area contributed by atoms with Gasteiger partial charge >= 0.3 is 0 Å². The summed E-state index contributed by atoms with van der Waals surface area (Å²) in [6.45, 7) is 0. The molecule has 1 aromatic carbocycles. The average Bonchev–Trinajstić information content (AvgIpc) is 2.58. The molecule has 0 heterocycles. The lowest BCUT2D eigenvalue weighted by atomic mass is 9.88. The van der Waals surface area contributed by atoms with E-state index in [1.807, 2.05) is 0 Å². The van der Waals surface area contributed by atoms with Crippen LogP contribution in [0.5, 0.6) is 0 Å². The highest BCUT2D eigenvalue weighted by molar-refractivity contribution is 5.88. The summed E-state index contributed by atoms with van der Waals surface area (Å²) in [5, 5.41) is 0. The molecule has 19 heavy (non-hydrogen) atoms. The number of rotatable bonds is 0. The third-order valence-electron chi connectivity index (χ3n) is 4.26. The molecular formula is C19H16. The molecular weight excluding hydrogens is 228 g/mol. The lowest BCUT2D eigenvalue weighted by molar-refractivity contribution is 0.744. The van der Waals surface area contributed by atoms with Gasteiger partial charge in [-0.3, -0.25) is 0 Å². The van der Waals surface area contributed by atoms with E-state index in [-0.39, 0.29) is 0 Å². The van der Waals surface area contributed by atoms with Gasteiger partial charge in [-0.2, -0.15) is 0 Å². The zero-order valence-corrected chi connectivity index (χ0v) is 10.8. The molecule has 0 aromatic heterocycles. The molecule has 0 spiro atoms. The molecule has 0 N–H and O–H groups in total. The molecule has 0 saturated carbocycles. The zero-order valence-electron chi connectivity index (χ0n) is 10.8. The predicted molar refractivity (Wildman–Crippen MR) is 80.8 cm³/mol. The summed E-state index contributed by atoms with van der Waals surface area (Å²) in [7, 11) is 0. The summed E-state index contributed by atoms with van der Waals surface area (Å²) in [6.07, 6.45) is 17.9. The third-order valence-corrected chi connectivity index (χ3v) is 4.26. The lowest BCUT2D eigenvalue weighted by Gasteiger charge is -2.15. The monoisotopic (exact) mass is 244 g/mol. The summed E-state index contributed by atoms with van der Waals surface area (Å²) in [5.41, 5.74) is 7.26. The SMILES string of the molecule is C1=C/C2=C/C=C\C=C/C3=C2C(CC1)c1ccccc13. The Morgan fingerprint density at radius 3 is 2.89 bits per heavy atom. The van der Waals surface area contributed by atoms with Crippen LogP contribution in [0.3, 0.4) is 0 Å². The average molecular weight is 244 g/mol. The Morgan fingerprint density at radius 2 is 1.89 bits per heavy atom. The first-order chi connectivity index (χ1) is 9.45. The maximum atomic E-state index is 2.32. The van der Waals surface area contributed by atoms with Gasteiger partial charge in [0.05, 0.1) is 0 Å². The minimum absolute atomic E-state index is 0.573. The van der Waals surface area contributed by atoms with Crippen molar-refractivity contribution in [1.82, 2.24) is 0 Å². The van der Waals surface area contributed by atoms with E-state index in [2.05, 4.69) is 66.8 Å². The second kappa shape index (κ2) is 4.24. The third kappa shape index (κ3) is 1.60. The zero-order chi connectivity index (χ0) is 12.7. The standard InChI is InChI=1S/C19H16/c1-2-8-14-9-4-5-13-18-16-11-7-6-10-15(16)17(12-3-1)19(14)18/h1-4,6-12,18H,5,13H2/b2-1-,3-1?,8-2?,12-3-,14-8-,17-12?. The van der Waals surface area contributed by atoms with Crippen LogP contribution in [0, 0.1) is 0 Å². The minimum atomic E-state index is 0.573. The summed E-state index contributed by atoms with van der Waals surface area (Å²) >= 11 is 0. The van der Waals surface area contributed by atoms with Crippen molar-refractivity contribution in [3.8, 4) is 0 Å². The molecule has 1 atom stereocenters. The van der Waals surface area contributed by atoms with E-state index in [1.165, 1.54) is 40.7 Å². The minimum Gasteiger partial charge on any atom is -0.0839 e. The molecule has 1 unspecified atom stereocenters. The Bertz CT molecular complexity index is 678. The number of allylic oxidation sites excluding steroid dienone is 10. The largest absolute Gasteiger partial charge is 0.0839 e. The summed E-state index contributed by atoms with van der Waals surface area (Å²) < 4.78 is 0. The van der Waals surface area contributed by atoms with E-state index in [9.17, 15) is 0 Å². The van der Waals surface area contributed by atoms with Gasteiger partial charge in [0.1, 0.15) is 0 Å². The molecule has 92 valence electrons. The Balaban J connectivity index is 2.02. The van der Waals surface area contributed by atoms with Gasteiger partial charge in [0.25, 0.3) is 0 Å². The highest BCUT2D eigenvalue weighted by Gasteiger charge is 2.31. The molecule has 0 aliphatic heterocycles. The summed E-state index contributed by atoms with van der Waals surface area (Å²) in [5.74, 6) is 0.573. The Morgan fingerprint density at radius 1 is 0.947 bits per heavy atom. The molecule has 0 fully saturated rings. The molecule has 0 saturated heterocycles. The van der Waals surface area contributed by atoms with Crippen LogP contribution >= 0.6 is 0 Å². The fraction of sp³-hybridized carbons (Fsp3) is 0.158. The topological polar surface area (TPSA) is 0 Å². The van der Waals surface area contributed by atoms with Crippen LogP contribution < -0.4 is 0 Å². The normalized spacial score (nSPS) is 29.5. The van der Waals surface area contributed by atoms with E-state index in [0.29, 0.717) is 5.92 Å². The second-order valence-electron chi connectivity index (χ2n) is 5.31. The number of fused-ring (bicyclic) bond motifs is 3. The number of benzene rings is 1. The van der Waals surface area contributed by atoms with Crippen LogP contribution in [0.25, 0.3) is 5.57 Å². The Labute approximate surface area is 114 Å². The van der Waals surface area contributed by atoms with E-state index in [1.54, 1.807) is 0 Å². The fourth-order valence-electron chi connectivity index (χ4n) is 3.45. The predicted octanol–water partition coefficient (Wildman–Crippen LogP) is 4.94. The molecule has 0 amide bonds. The maximum absolute atomic E-state index is 2.32. The van der Waals surface area contributed by atoms with Crippen LogP contribution in [-0.2, 0) is 0 Å². The van der Waals surface area contributed by atoms with Gasteiger partial charge in [-0.05, 0) is 40.7 Å². The fourth-order valence-corrected chi connectivity index (χ4v) is 3.45. The Hall–Kier alpha value is -2.08. The van der Waals surface area contributed by atoms with Crippen LogP contribution in [-0.4, -0.2) is 0 Å². The maximum Gasteiger partial charge on any atom is 0.0110 e. The highest BCUT2D eigenvalue weighted by atomic mass is 14.3. The second-order valence-corrected chi connectivity index (χ2v) is 5.31. The van der Waals surface area contributed by atoms with Crippen molar-refractivity contribution in [2.45, 2.75) is 18.8 Å². The first kappa shape index (κ1) is 10.8. The number of hydrogen-bond acceptors (Lipinski definition) is 0. The van der Waals surface area contributed by atoms with Crippen molar-refractivity contribution in [1.29, 1.82) is 0 Å². The molecule has 3 aliphatic carbocycles. The van der Waals surface area contributed by atoms with Crippen molar-refractivity contribution >= 4 is 5.57 Å². The van der Waals surface area contributed by atoms with Crippen molar-refractivity contribution < 1.29 is 0 Å². The van der Waals surface area contributed by atoms with Crippen molar-refractivity contribution in [2.24, 2.45) is 0 Å². The first-order valence-corrected chi connectivity index (χ1v) is 7.00.